The fourth-order valence-electron chi connectivity index (χ4n) is 8.12. The van der Waals surface area contributed by atoms with Crippen LogP contribution >= 0.6 is 0 Å². The monoisotopic (exact) mass is 822 g/mol. The van der Waals surface area contributed by atoms with Crippen LogP contribution in [-0.2, 0) is 23.8 Å². The first kappa shape index (κ1) is 44.9. The highest BCUT2D eigenvalue weighted by Gasteiger charge is 2.50. The SMILES string of the molecule is COC(=O)C1C(C)C(OC)C=COC2(C)Oc3c(C)c(O)c4c(O)c(c(/C=N/N5CCN(C)CC5)c(O)c4c3C2=O)NC(=O)C(C)=CC=CC(C)C(O)C(C)C(O)C1C. The van der Waals surface area contributed by atoms with Gasteiger partial charge in [0.2, 0.25) is 0 Å². The zero-order valence-corrected chi connectivity index (χ0v) is 35.3. The topological polar surface area (TPSA) is 220 Å². The maximum absolute atomic E-state index is 14.4. The van der Waals surface area contributed by atoms with E-state index in [-0.39, 0.29) is 44.5 Å². The molecule has 322 valence electrons. The molecule has 1 saturated heterocycles. The Morgan fingerprint density at radius 3 is 2.22 bits per heavy atom. The second-order valence-electron chi connectivity index (χ2n) is 16.1. The average molecular weight is 823 g/mol. The number of Topliss-reactive ketones (excluding diaryl/α,β-unsaturated/α-hetero) is 1. The lowest BCUT2D eigenvalue weighted by Crippen LogP contribution is -2.45. The van der Waals surface area contributed by atoms with Crippen LogP contribution in [0.2, 0.25) is 0 Å². The number of nitrogens with zero attached hydrogens (tertiary/aromatic N) is 3. The number of phenolic OH excluding ortho intramolecular Hbond substituents is 3. The third-order valence-corrected chi connectivity index (χ3v) is 12.1. The predicted octanol–water partition coefficient (Wildman–Crippen LogP) is 4.19. The molecule has 2 aromatic carbocycles. The van der Waals surface area contributed by atoms with Crippen molar-refractivity contribution in [2.45, 2.75) is 72.6 Å². The summed E-state index contributed by atoms with van der Waals surface area (Å²) in [6, 6.07) is 0. The lowest BCUT2D eigenvalue weighted by molar-refractivity contribution is -0.155. The number of ether oxygens (including phenoxy) is 4. The number of hydrazone groups is 1. The van der Waals surface area contributed by atoms with Gasteiger partial charge in [-0.15, -0.1) is 0 Å². The summed E-state index contributed by atoms with van der Waals surface area (Å²) in [5.41, 5.74) is -0.364. The maximum atomic E-state index is 14.4. The Hall–Kier alpha value is -5.16. The standard InChI is InChI=1S/C43H58N4O12/c1-21-12-11-13-22(2)41(54)45-33-27(20-44-47-17-15-46(8)16-18-47)37(51)30-31(38(33)52)36(50)26(6)39-32(30)40(53)43(7,59-39)58-19-14-28(56-9)23(3)29(42(55)57-10)24(4)35(49)25(5)34(21)48/h11-14,19-21,23-25,28-29,34-35,48-52H,15-18H2,1-10H3,(H,45,54)/b12-11?,19-14?,22-13?,44-20+. The van der Waals surface area contributed by atoms with Gasteiger partial charge in [-0.05, 0) is 38.8 Å². The Balaban J connectivity index is 1.71. The highest BCUT2D eigenvalue weighted by molar-refractivity contribution is 6.23. The van der Waals surface area contributed by atoms with E-state index < -0.39 is 88.6 Å². The van der Waals surface area contributed by atoms with Crippen molar-refractivity contribution in [2.75, 3.05) is 52.8 Å². The van der Waals surface area contributed by atoms with E-state index in [0.717, 1.165) is 13.1 Å². The van der Waals surface area contributed by atoms with E-state index in [2.05, 4.69) is 15.3 Å². The number of benzene rings is 2. The summed E-state index contributed by atoms with van der Waals surface area (Å²) < 4.78 is 23.0. The molecule has 0 aliphatic carbocycles. The molecule has 0 aromatic heterocycles. The van der Waals surface area contributed by atoms with E-state index in [1.807, 2.05) is 7.05 Å². The summed E-state index contributed by atoms with van der Waals surface area (Å²) in [7, 11) is 4.65. The lowest BCUT2D eigenvalue weighted by Gasteiger charge is -2.37. The lowest BCUT2D eigenvalue weighted by atomic mass is 9.73. The average Bonchev–Trinajstić information content (AvgIpc) is 3.47. The Labute approximate surface area is 344 Å². The Morgan fingerprint density at radius 1 is 0.932 bits per heavy atom. The summed E-state index contributed by atoms with van der Waals surface area (Å²) in [4.78, 5) is 43.6. The molecule has 16 heteroatoms. The number of aliphatic hydroxyl groups excluding tert-OH is 2. The largest absolute Gasteiger partial charge is 0.507 e. The molecule has 59 heavy (non-hydrogen) atoms. The van der Waals surface area contributed by atoms with E-state index in [4.69, 9.17) is 18.9 Å². The molecule has 5 bridgehead atoms. The summed E-state index contributed by atoms with van der Waals surface area (Å²) >= 11 is 0. The third kappa shape index (κ3) is 8.62. The van der Waals surface area contributed by atoms with Gasteiger partial charge in [-0.1, -0.05) is 45.9 Å². The molecule has 4 aliphatic rings. The summed E-state index contributed by atoms with van der Waals surface area (Å²) in [6.07, 6.45) is 5.65. The molecule has 0 saturated carbocycles. The molecule has 2 aromatic rings. The van der Waals surface area contributed by atoms with Gasteiger partial charge in [-0.3, -0.25) is 19.4 Å². The molecule has 4 heterocycles. The molecular formula is C43H58N4O12. The number of carbonyl (C=O) groups is 3. The van der Waals surface area contributed by atoms with Gasteiger partial charge in [-0.25, -0.2) is 0 Å². The van der Waals surface area contributed by atoms with Crippen molar-refractivity contribution in [1.29, 1.82) is 0 Å². The molecule has 4 aliphatic heterocycles. The number of phenols is 3. The number of hydrogen-bond acceptors (Lipinski definition) is 15. The van der Waals surface area contributed by atoms with Crippen molar-refractivity contribution in [3.05, 3.63) is 52.8 Å². The van der Waals surface area contributed by atoms with Crippen LogP contribution in [0.5, 0.6) is 23.0 Å². The molecule has 0 radical (unpaired) electrons. The molecular weight excluding hydrogens is 764 g/mol. The van der Waals surface area contributed by atoms with Crippen molar-refractivity contribution in [1.82, 2.24) is 9.91 Å². The van der Waals surface area contributed by atoms with Gasteiger partial charge in [0.05, 0.1) is 66.0 Å². The molecule has 0 spiro atoms. The van der Waals surface area contributed by atoms with Crippen LogP contribution in [0, 0.1) is 36.5 Å². The first-order valence-electron chi connectivity index (χ1n) is 19.7. The minimum Gasteiger partial charge on any atom is -0.507 e. The quantitative estimate of drug-likeness (QED) is 0.110. The van der Waals surface area contributed by atoms with E-state index >= 15 is 0 Å². The second-order valence-corrected chi connectivity index (χ2v) is 16.1. The van der Waals surface area contributed by atoms with Gasteiger partial charge in [0.25, 0.3) is 11.7 Å². The Bertz CT molecular complexity index is 2070. The van der Waals surface area contributed by atoms with Gasteiger partial charge in [0.1, 0.15) is 17.2 Å². The van der Waals surface area contributed by atoms with Gasteiger partial charge in [0, 0.05) is 68.6 Å². The van der Waals surface area contributed by atoms with Gasteiger partial charge in [0.15, 0.2) is 5.75 Å². The van der Waals surface area contributed by atoms with Crippen LogP contribution < -0.4 is 10.1 Å². The van der Waals surface area contributed by atoms with E-state index in [1.54, 1.807) is 44.9 Å². The van der Waals surface area contributed by atoms with Crippen LogP contribution in [0.3, 0.4) is 0 Å². The fraction of sp³-hybridized carbons (Fsp3) is 0.535. The van der Waals surface area contributed by atoms with Gasteiger partial charge >= 0.3 is 11.8 Å². The fourth-order valence-corrected chi connectivity index (χ4v) is 8.12. The number of nitrogens with one attached hydrogen (secondary N) is 1. The molecule has 1 fully saturated rings. The summed E-state index contributed by atoms with van der Waals surface area (Å²) in [6.45, 7) is 13.8. The van der Waals surface area contributed by atoms with E-state index in [0.29, 0.717) is 13.1 Å². The zero-order chi connectivity index (χ0) is 43.7. The van der Waals surface area contributed by atoms with Crippen LogP contribution in [0.15, 0.2) is 41.2 Å². The normalized spacial score (nSPS) is 30.1. The number of rotatable bonds is 4. The first-order chi connectivity index (χ1) is 27.8. The highest BCUT2D eigenvalue weighted by Crippen LogP contribution is 2.55. The van der Waals surface area contributed by atoms with Crippen molar-refractivity contribution < 1.29 is 58.9 Å². The number of carbonyl (C=O) groups excluding carboxylic acids is 3. The molecule has 9 unspecified atom stereocenters. The van der Waals surface area contributed by atoms with Crippen molar-refractivity contribution >= 4 is 40.3 Å². The number of amides is 1. The third-order valence-electron chi connectivity index (χ3n) is 12.1. The van der Waals surface area contributed by atoms with E-state index in [9.17, 15) is 39.9 Å². The second kappa shape index (κ2) is 18.0. The number of aromatic hydroxyl groups is 3. The number of hydrogen-bond donors (Lipinski definition) is 6. The molecule has 9 atom stereocenters. The van der Waals surface area contributed by atoms with Crippen LogP contribution in [0.25, 0.3) is 10.8 Å². The van der Waals surface area contributed by atoms with Gasteiger partial charge in [-0.2, -0.15) is 5.10 Å². The van der Waals surface area contributed by atoms with Crippen LogP contribution in [0.1, 0.15) is 63.0 Å². The molecule has 16 nitrogen and oxygen atoms in total. The first-order valence-corrected chi connectivity index (χ1v) is 19.7. The zero-order valence-electron chi connectivity index (χ0n) is 35.3. The maximum Gasteiger partial charge on any atom is 0.312 e. The van der Waals surface area contributed by atoms with Crippen LogP contribution in [0.4, 0.5) is 5.69 Å². The van der Waals surface area contributed by atoms with E-state index in [1.165, 1.54) is 59.6 Å². The number of methoxy groups -OCH3 is 2. The number of anilines is 1. The number of esters is 1. The van der Waals surface area contributed by atoms with Crippen molar-refractivity contribution in [3.8, 4) is 23.0 Å². The number of likely N-dealkylation sites (N-methyl/N-ethyl adjacent to an activating group) is 1. The molecule has 1 amide bonds. The molecule has 6 rings (SSSR count). The highest BCUT2D eigenvalue weighted by atomic mass is 16.7. The molecule has 6 N–H and O–H groups in total. The number of piperazine rings is 1. The Kier molecular flexibility index (Phi) is 13.7. The predicted molar refractivity (Wildman–Crippen MR) is 220 cm³/mol. The summed E-state index contributed by atoms with van der Waals surface area (Å²) in [5.74, 6) is -9.41. The minimum absolute atomic E-state index is 0.0529. The number of fused-ring (bicyclic) bond motifs is 14. The smallest absolute Gasteiger partial charge is 0.312 e. The number of allylic oxidation sites excluding steroid dienone is 2. The van der Waals surface area contributed by atoms with Crippen molar-refractivity contribution in [2.24, 2.45) is 34.7 Å². The number of ketones is 1. The summed E-state index contributed by atoms with van der Waals surface area (Å²) in [5, 5.41) is 66.9. The number of aliphatic hydroxyl groups is 2. The minimum atomic E-state index is -2.05. The van der Waals surface area contributed by atoms with Gasteiger partial charge < -0.3 is 54.7 Å². The van der Waals surface area contributed by atoms with Crippen molar-refractivity contribution in [3.63, 3.8) is 0 Å². The van der Waals surface area contributed by atoms with Crippen LogP contribution in [-0.4, -0.2) is 131 Å². The Morgan fingerprint density at radius 2 is 1.59 bits per heavy atom.